The zero-order valence-corrected chi connectivity index (χ0v) is 13.3. The minimum Gasteiger partial charge on any atom is -0.381 e. The highest BCUT2D eigenvalue weighted by Gasteiger charge is 2.31. The average Bonchev–Trinajstić information content (AvgIpc) is 2.41. The Bertz CT molecular complexity index is 537. The van der Waals surface area contributed by atoms with E-state index in [9.17, 15) is 4.39 Å². The molecule has 0 spiro atoms. The number of halogens is 2. The zero-order valence-electron chi connectivity index (χ0n) is 11.8. The van der Waals surface area contributed by atoms with Gasteiger partial charge in [-0.2, -0.15) is 5.26 Å². The third-order valence-corrected chi connectivity index (χ3v) is 4.81. The second-order valence-electron chi connectivity index (χ2n) is 5.88. The van der Waals surface area contributed by atoms with Crippen LogP contribution in [0.3, 0.4) is 0 Å². The smallest absolute Gasteiger partial charge is 0.161 e. The fourth-order valence-electron chi connectivity index (χ4n) is 2.60. The van der Waals surface area contributed by atoms with Crippen LogP contribution in [0.4, 0.5) is 10.1 Å². The molecular weight excluding hydrogens is 321 g/mol. The lowest BCUT2D eigenvalue weighted by atomic mass is 9.77. The minimum atomic E-state index is -0.405. The van der Waals surface area contributed by atoms with Gasteiger partial charge in [0, 0.05) is 12.6 Å². The van der Waals surface area contributed by atoms with Gasteiger partial charge in [0.1, 0.15) is 6.07 Å². The molecule has 20 heavy (non-hydrogen) atoms. The molecule has 0 saturated carbocycles. The number of anilines is 1. The van der Waals surface area contributed by atoms with E-state index in [4.69, 9.17) is 5.26 Å². The van der Waals surface area contributed by atoms with E-state index in [1.54, 1.807) is 12.1 Å². The van der Waals surface area contributed by atoms with E-state index in [1.807, 2.05) is 6.07 Å². The molecule has 1 heterocycles. The van der Waals surface area contributed by atoms with Gasteiger partial charge in [-0.25, -0.2) is 4.39 Å². The van der Waals surface area contributed by atoms with Crippen molar-refractivity contribution in [2.24, 2.45) is 5.41 Å². The summed E-state index contributed by atoms with van der Waals surface area (Å²) in [5.41, 5.74) is 0.939. The summed E-state index contributed by atoms with van der Waals surface area (Å²) in [6.45, 7) is 6.14. The number of hydrogen-bond acceptors (Lipinski definition) is 3. The number of piperidine rings is 1. The first-order chi connectivity index (χ1) is 9.45. The first kappa shape index (κ1) is 15.3. The number of nitrogens with one attached hydrogen (secondary N) is 2. The Morgan fingerprint density at radius 2 is 2.30 bits per heavy atom. The van der Waals surface area contributed by atoms with Gasteiger partial charge in [0.15, 0.2) is 5.82 Å². The van der Waals surface area contributed by atoms with Gasteiger partial charge in [-0.15, -0.1) is 0 Å². The zero-order chi connectivity index (χ0) is 14.8. The summed E-state index contributed by atoms with van der Waals surface area (Å²) < 4.78 is 14.3. The first-order valence-corrected chi connectivity index (χ1v) is 7.60. The maximum absolute atomic E-state index is 14.1. The van der Waals surface area contributed by atoms with Crippen LogP contribution in [0.1, 0.15) is 32.3 Å². The lowest BCUT2D eigenvalue weighted by Gasteiger charge is -2.39. The SMILES string of the molecule is CC1(C)CCCNC1CNc1ccc(C#N)c(Br)c1F. The third kappa shape index (κ3) is 3.13. The molecule has 0 aromatic heterocycles. The summed E-state index contributed by atoms with van der Waals surface area (Å²) in [5.74, 6) is -0.405. The van der Waals surface area contributed by atoms with Crippen molar-refractivity contribution in [1.82, 2.24) is 5.32 Å². The summed E-state index contributed by atoms with van der Waals surface area (Å²) in [5, 5.41) is 15.5. The van der Waals surface area contributed by atoms with Gasteiger partial charge in [0.05, 0.1) is 15.7 Å². The predicted octanol–water partition coefficient (Wildman–Crippen LogP) is 3.65. The molecule has 1 atom stereocenters. The van der Waals surface area contributed by atoms with Crippen molar-refractivity contribution in [1.29, 1.82) is 5.26 Å². The second-order valence-corrected chi connectivity index (χ2v) is 6.67. The standard InChI is InChI=1S/C15H19BrFN3/c1-15(2)6-3-7-19-12(15)9-20-11-5-4-10(8-18)13(16)14(11)17/h4-5,12,19-20H,3,6-7,9H2,1-2H3. The van der Waals surface area contributed by atoms with Gasteiger partial charge in [0.25, 0.3) is 0 Å². The monoisotopic (exact) mass is 339 g/mol. The fourth-order valence-corrected chi connectivity index (χ4v) is 3.04. The molecule has 3 nitrogen and oxygen atoms in total. The Kier molecular flexibility index (Phi) is 4.66. The molecule has 2 N–H and O–H groups in total. The molecule has 108 valence electrons. The van der Waals surface area contributed by atoms with Gasteiger partial charge in [0.2, 0.25) is 0 Å². The van der Waals surface area contributed by atoms with Gasteiger partial charge >= 0.3 is 0 Å². The topological polar surface area (TPSA) is 47.8 Å². The highest BCUT2D eigenvalue weighted by Crippen LogP contribution is 2.31. The summed E-state index contributed by atoms with van der Waals surface area (Å²) in [6.07, 6.45) is 2.35. The van der Waals surface area contributed by atoms with Crippen molar-refractivity contribution in [3.05, 3.63) is 28.0 Å². The summed E-state index contributed by atoms with van der Waals surface area (Å²) in [4.78, 5) is 0. The molecule has 1 fully saturated rings. The van der Waals surface area contributed by atoms with Crippen molar-refractivity contribution in [2.45, 2.75) is 32.7 Å². The van der Waals surface area contributed by atoms with Crippen LogP contribution in [-0.2, 0) is 0 Å². The number of nitrogens with zero attached hydrogens (tertiary/aromatic N) is 1. The molecule has 1 aliphatic rings. The highest BCUT2D eigenvalue weighted by molar-refractivity contribution is 9.10. The van der Waals surface area contributed by atoms with Gasteiger partial charge in [-0.3, -0.25) is 0 Å². The van der Waals surface area contributed by atoms with Crippen molar-refractivity contribution < 1.29 is 4.39 Å². The Morgan fingerprint density at radius 3 is 2.95 bits per heavy atom. The van der Waals surface area contributed by atoms with Crippen LogP contribution in [0.5, 0.6) is 0 Å². The normalized spacial score (nSPS) is 21.2. The lowest BCUT2D eigenvalue weighted by Crippen LogP contribution is -2.50. The molecule has 1 saturated heterocycles. The third-order valence-electron chi connectivity index (χ3n) is 4.03. The molecule has 2 rings (SSSR count). The van der Waals surface area contributed by atoms with Gasteiger partial charge in [-0.1, -0.05) is 13.8 Å². The van der Waals surface area contributed by atoms with Crippen LogP contribution in [0.2, 0.25) is 0 Å². The second kappa shape index (κ2) is 6.11. The van der Waals surface area contributed by atoms with Gasteiger partial charge < -0.3 is 10.6 Å². The van der Waals surface area contributed by atoms with E-state index in [0.29, 0.717) is 23.8 Å². The first-order valence-electron chi connectivity index (χ1n) is 6.81. The summed E-state index contributed by atoms with van der Waals surface area (Å²) in [6, 6.07) is 5.50. The molecule has 1 unspecified atom stereocenters. The van der Waals surface area contributed by atoms with Crippen molar-refractivity contribution in [3.63, 3.8) is 0 Å². The van der Waals surface area contributed by atoms with E-state index in [2.05, 4.69) is 40.4 Å². The van der Waals surface area contributed by atoms with E-state index in [-0.39, 0.29) is 9.89 Å². The Hall–Kier alpha value is -1.12. The minimum absolute atomic E-state index is 0.200. The lowest BCUT2D eigenvalue weighted by molar-refractivity contribution is 0.188. The van der Waals surface area contributed by atoms with Crippen molar-refractivity contribution >= 4 is 21.6 Å². The Labute approximate surface area is 127 Å². The highest BCUT2D eigenvalue weighted by atomic mass is 79.9. The van der Waals surface area contributed by atoms with Crippen LogP contribution in [0.15, 0.2) is 16.6 Å². The van der Waals surface area contributed by atoms with Crippen molar-refractivity contribution in [3.8, 4) is 6.07 Å². The van der Waals surface area contributed by atoms with Crippen molar-refractivity contribution in [2.75, 3.05) is 18.4 Å². The maximum atomic E-state index is 14.1. The molecule has 1 aromatic carbocycles. The average molecular weight is 340 g/mol. The molecule has 0 amide bonds. The number of hydrogen-bond donors (Lipinski definition) is 2. The van der Waals surface area contributed by atoms with E-state index >= 15 is 0 Å². The Morgan fingerprint density at radius 1 is 1.55 bits per heavy atom. The molecule has 0 bridgehead atoms. The molecular formula is C15H19BrFN3. The largest absolute Gasteiger partial charge is 0.381 e. The summed E-state index contributed by atoms with van der Waals surface area (Å²) >= 11 is 3.13. The van der Waals surface area contributed by atoms with Crippen LogP contribution >= 0.6 is 15.9 Å². The van der Waals surface area contributed by atoms with Crippen LogP contribution in [0, 0.1) is 22.6 Å². The molecule has 0 aliphatic carbocycles. The van der Waals surface area contributed by atoms with E-state index in [1.165, 1.54) is 12.8 Å². The van der Waals surface area contributed by atoms with Crippen LogP contribution < -0.4 is 10.6 Å². The fraction of sp³-hybridized carbons (Fsp3) is 0.533. The van der Waals surface area contributed by atoms with Gasteiger partial charge in [-0.05, 0) is 52.9 Å². The predicted molar refractivity (Wildman–Crippen MR) is 82.1 cm³/mol. The number of rotatable bonds is 3. The summed E-state index contributed by atoms with van der Waals surface area (Å²) in [7, 11) is 0. The molecule has 5 heteroatoms. The van der Waals surface area contributed by atoms with E-state index in [0.717, 1.165) is 6.54 Å². The van der Waals surface area contributed by atoms with E-state index < -0.39 is 5.82 Å². The quantitative estimate of drug-likeness (QED) is 0.883. The number of nitriles is 1. The molecule has 1 aromatic rings. The molecule has 1 aliphatic heterocycles. The molecule has 0 radical (unpaired) electrons. The maximum Gasteiger partial charge on any atom is 0.161 e. The van der Waals surface area contributed by atoms with Crippen LogP contribution in [0.25, 0.3) is 0 Å². The Balaban J connectivity index is 2.08. The number of benzene rings is 1. The van der Waals surface area contributed by atoms with Crippen LogP contribution in [-0.4, -0.2) is 19.1 Å².